The number of fused-ring (bicyclic) bond motifs is 1. The number of phenolic OH excluding ortho intramolecular Hbond substituents is 1. The number of halogens is 2. The second kappa shape index (κ2) is 7.21. The molecule has 0 unspecified atom stereocenters. The fraction of sp³-hybridized carbons (Fsp3) is 0.250. The van der Waals surface area contributed by atoms with E-state index in [0.717, 1.165) is 37.1 Å². The van der Waals surface area contributed by atoms with Crippen molar-refractivity contribution in [1.82, 2.24) is 0 Å². The number of piperazine rings is 1. The van der Waals surface area contributed by atoms with Crippen molar-refractivity contribution < 1.29 is 18.8 Å². The highest BCUT2D eigenvalue weighted by Gasteiger charge is 2.23. The number of benzene rings is 2. The van der Waals surface area contributed by atoms with Crippen LogP contribution in [0.2, 0.25) is 5.02 Å². The second-order valence-electron chi connectivity index (χ2n) is 6.76. The van der Waals surface area contributed by atoms with E-state index in [1.807, 2.05) is 11.0 Å². The number of phenols is 1. The fourth-order valence-corrected chi connectivity index (χ4v) is 3.76. The van der Waals surface area contributed by atoms with Crippen molar-refractivity contribution in [2.45, 2.75) is 6.54 Å². The zero-order valence-corrected chi connectivity index (χ0v) is 15.3. The summed E-state index contributed by atoms with van der Waals surface area (Å²) in [5.41, 5.74) is 1.33. The van der Waals surface area contributed by atoms with Crippen LogP contribution in [0.15, 0.2) is 51.7 Å². The van der Waals surface area contributed by atoms with Crippen LogP contribution in [0.25, 0.3) is 11.0 Å². The van der Waals surface area contributed by atoms with E-state index < -0.39 is 5.63 Å². The monoisotopic (exact) mass is 389 g/mol. The van der Waals surface area contributed by atoms with Crippen molar-refractivity contribution in [3.8, 4) is 5.75 Å². The minimum Gasteiger partial charge on any atom is -0.506 e. The van der Waals surface area contributed by atoms with Crippen LogP contribution in [-0.2, 0) is 6.54 Å². The first-order valence-electron chi connectivity index (χ1n) is 8.79. The summed E-state index contributed by atoms with van der Waals surface area (Å²) >= 11 is 6.03. The Morgan fingerprint density at radius 2 is 1.93 bits per heavy atom. The van der Waals surface area contributed by atoms with Gasteiger partial charge in [-0.3, -0.25) is 0 Å². The third-order valence-electron chi connectivity index (χ3n) is 5.00. The van der Waals surface area contributed by atoms with Gasteiger partial charge >= 0.3 is 5.63 Å². The molecule has 4 rings (SSSR count). The average molecular weight is 390 g/mol. The maximum atomic E-state index is 14.0. The Bertz CT molecular complexity index is 1050. The molecule has 2 aromatic carbocycles. The molecule has 27 heavy (non-hydrogen) atoms. The third kappa shape index (κ3) is 3.63. The second-order valence-corrected chi connectivity index (χ2v) is 7.16. The summed E-state index contributed by atoms with van der Waals surface area (Å²) in [4.78, 5) is 15.2. The number of hydrogen-bond donors (Lipinski definition) is 2. The Kier molecular flexibility index (Phi) is 4.76. The van der Waals surface area contributed by atoms with Crippen LogP contribution in [0, 0.1) is 5.82 Å². The van der Waals surface area contributed by atoms with Gasteiger partial charge in [-0.2, -0.15) is 0 Å². The first kappa shape index (κ1) is 17.8. The standard InChI is InChI=1S/C20H18ClFN2O3/c21-15-10-14-13(9-20(26)27-19(14)11-18(15)25)12-23-5-7-24(8-6-23)17-4-2-1-3-16(17)22/h1-4,9-11,25H,5-8,12H2/p+1. The maximum absolute atomic E-state index is 14.0. The lowest BCUT2D eigenvalue weighted by Crippen LogP contribution is -3.13. The lowest BCUT2D eigenvalue weighted by Gasteiger charge is -2.33. The van der Waals surface area contributed by atoms with Crippen molar-refractivity contribution in [3.05, 3.63) is 69.3 Å². The van der Waals surface area contributed by atoms with Crippen molar-refractivity contribution in [3.63, 3.8) is 0 Å². The Morgan fingerprint density at radius 1 is 1.19 bits per heavy atom. The first-order valence-corrected chi connectivity index (χ1v) is 9.17. The molecule has 2 N–H and O–H groups in total. The number of rotatable bonds is 3. The highest BCUT2D eigenvalue weighted by molar-refractivity contribution is 6.32. The first-order chi connectivity index (χ1) is 13.0. The third-order valence-corrected chi connectivity index (χ3v) is 5.30. The largest absolute Gasteiger partial charge is 0.506 e. The van der Waals surface area contributed by atoms with Gasteiger partial charge in [0.15, 0.2) is 0 Å². The van der Waals surface area contributed by atoms with Gasteiger partial charge < -0.3 is 19.3 Å². The summed E-state index contributed by atoms with van der Waals surface area (Å²) in [6.45, 7) is 3.74. The zero-order chi connectivity index (χ0) is 19.0. The molecule has 7 heteroatoms. The van der Waals surface area contributed by atoms with Crippen LogP contribution in [-0.4, -0.2) is 31.3 Å². The normalized spacial score (nSPS) is 15.4. The Labute approximate surface area is 160 Å². The number of anilines is 1. The van der Waals surface area contributed by atoms with E-state index >= 15 is 0 Å². The van der Waals surface area contributed by atoms with Gasteiger partial charge in [0.25, 0.3) is 0 Å². The molecule has 0 bridgehead atoms. The maximum Gasteiger partial charge on any atom is 0.336 e. The summed E-state index contributed by atoms with van der Waals surface area (Å²) in [7, 11) is 0. The summed E-state index contributed by atoms with van der Waals surface area (Å²) < 4.78 is 19.2. The van der Waals surface area contributed by atoms with E-state index in [1.165, 1.54) is 23.1 Å². The molecule has 0 spiro atoms. The molecule has 0 atom stereocenters. The molecule has 2 heterocycles. The van der Waals surface area contributed by atoms with Crippen LogP contribution < -0.4 is 15.4 Å². The van der Waals surface area contributed by atoms with Gasteiger partial charge in [0.2, 0.25) is 0 Å². The smallest absolute Gasteiger partial charge is 0.336 e. The van der Waals surface area contributed by atoms with Crippen molar-refractivity contribution >= 4 is 28.3 Å². The molecule has 1 saturated heterocycles. The number of para-hydroxylation sites is 1. The molecule has 140 valence electrons. The molecule has 1 aliphatic heterocycles. The number of hydrogen-bond acceptors (Lipinski definition) is 4. The van der Waals surface area contributed by atoms with Crippen molar-refractivity contribution in [2.24, 2.45) is 0 Å². The molecular weight excluding hydrogens is 371 g/mol. The molecule has 0 aliphatic carbocycles. The molecule has 1 aliphatic rings. The fourth-order valence-electron chi connectivity index (χ4n) is 3.60. The number of nitrogens with one attached hydrogen (secondary N) is 1. The van der Waals surface area contributed by atoms with Crippen LogP contribution in [0.4, 0.5) is 10.1 Å². The summed E-state index contributed by atoms with van der Waals surface area (Å²) in [5.74, 6) is -0.322. The molecule has 0 saturated carbocycles. The van der Waals surface area contributed by atoms with E-state index in [1.54, 1.807) is 18.2 Å². The minimum absolute atomic E-state index is 0.115. The van der Waals surface area contributed by atoms with E-state index in [-0.39, 0.29) is 16.6 Å². The van der Waals surface area contributed by atoms with E-state index in [0.29, 0.717) is 17.8 Å². The molecular formula is C20H19ClFN2O3+. The van der Waals surface area contributed by atoms with Crippen molar-refractivity contribution in [1.29, 1.82) is 0 Å². The lowest BCUT2D eigenvalue weighted by molar-refractivity contribution is -0.914. The van der Waals surface area contributed by atoms with E-state index in [2.05, 4.69) is 0 Å². The molecule has 3 aromatic rings. The topological polar surface area (TPSA) is 58.1 Å². The summed E-state index contributed by atoms with van der Waals surface area (Å²) in [5, 5.41) is 10.7. The van der Waals surface area contributed by atoms with E-state index in [9.17, 15) is 14.3 Å². The van der Waals surface area contributed by atoms with Crippen LogP contribution in [0.5, 0.6) is 5.75 Å². The average Bonchev–Trinajstić information content (AvgIpc) is 2.64. The lowest BCUT2D eigenvalue weighted by atomic mass is 10.1. The Balaban J connectivity index is 1.53. The predicted molar refractivity (Wildman–Crippen MR) is 102 cm³/mol. The highest BCUT2D eigenvalue weighted by Crippen LogP contribution is 2.29. The van der Waals surface area contributed by atoms with Crippen LogP contribution in [0.1, 0.15) is 5.56 Å². The minimum atomic E-state index is -0.455. The van der Waals surface area contributed by atoms with Gasteiger partial charge in [0.05, 0.1) is 36.9 Å². The molecule has 1 aromatic heterocycles. The van der Waals surface area contributed by atoms with E-state index in [4.69, 9.17) is 16.0 Å². The quantitative estimate of drug-likeness (QED) is 0.674. The van der Waals surface area contributed by atoms with Gasteiger partial charge in [0, 0.05) is 23.1 Å². The Morgan fingerprint density at radius 3 is 2.67 bits per heavy atom. The van der Waals surface area contributed by atoms with Gasteiger partial charge in [-0.15, -0.1) is 0 Å². The zero-order valence-electron chi connectivity index (χ0n) is 14.5. The predicted octanol–water partition coefficient (Wildman–Crippen LogP) is 2.20. The molecule has 0 amide bonds. The van der Waals surface area contributed by atoms with Gasteiger partial charge in [-0.25, -0.2) is 9.18 Å². The number of nitrogens with zero attached hydrogens (tertiary/aromatic N) is 1. The summed E-state index contributed by atoms with van der Waals surface area (Å²) in [6, 6.07) is 11.3. The summed E-state index contributed by atoms with van der Waals surface area (Å²) in [6.07, 6.45) is 0. The van der Waals surface area contributed by atoms with Crippen LogP contribution >= 0.6 is 11.6 Å². The molecule has 1 fully saturated rings. The highest BCUT2D eigenvalue weighted by atomic mass is 35.5. The van der Waals surface area contributed by atoms with Crippen LogP contribution in [0.3, 0.4) is 0 Å². The van der Waals surface area contributed by atoms with Crippen molar-refractivity contribution in [2.75, 3.05) is 31.1 Å². The molecule has 0 radical (unpaired) electrons. The SMILES string of the molecule is O=c1cc(C[NH+]2CCN(c3ccccc3F)CC2)c2cc(Cl)c(O)cc2o1. The Hall–Kier alpha value is -2.57. The molecule has 5 nitrogen and oxygen atoms in total. The van der Waals surface area contributed by atoms with Gasteiger partial charge in [-0.05, 0) is 18.2 Å². The van der Waals surface area contributed by atoms with Gasteiger partial charge in [-0.1, -0.05) is 23.7 Å². The number of quaternary nitrogens is 1. The van der Waals surface area contributed by atoms with Gasteiger partial charge in [0.1, 0.15) is 23.7 Å². The number of aromatic hydroxyl groups is 1.